The number of aryl methyl sites for hydroxylation is 1. The van der Waals surface area contributed by atoms with Crippen LogP contribution in [0.3, 0.4) is 0 Å². The van der Waals surface area contributed by atoms with E-state index in [9.17, 15) is 14.9 Å². The number of amides is 1. The molecule has 0 spiro atoms. The van der Waals surface area contributed by atoms with Gasteiger partial charge in [-0.25, -0.2) is 0 Å². The third-order valence-corrected chi connectivity index (χ3v) is 3.62. The molecule has 7 heteroatoms. The third kappa shape index (κ3) is 4.24. The van der Waals surface area contributed by atoms with Crippen LogP contribution in [0, 0.1) is 17.0 Å². The molecule has 1 fully saturated rings. The van der Waals surface area contributed by atoms with Gasteiger partial charge in [0.15, 0.2) is 0 Å². The first-order valence-electron chi connectivity index (χ1n) is 7.02. The van der Waals surface area contributed by atoms with Crippen LogP contribution in [0.4, 0.5) is 5.69 Å². The van der Waals surface area contributed by atoms with Gasteiger partial charge in [0, 0.05) is 17.2 Å². The molecular weight excluding hydrogens is 274 g/mol. The highest BCUT2D eigenvalue weighted by Crippen LogP contribution is 2.18. The van der Waals surface area contributed by atoms with Gasteiger partial charge in [0.25, 0.3) is 11.6 Å². The zero-order valence-corrected chi connectivity index (χ0v) is 12.1. The zero-order chi connectivity index (χ0) is 15.2. The number of nitrogens with one attached hydrogen (secondary N) is 2. The standard InChI is InChI=1S/C14H19N3O4/c1-11-10-12(2-3-13(11)17(19)20)14(18)15-4-5-16-6-8-21-9-7-16/h2-3,10H,4-9H2,1H3,(H,15,18)/p+1. The minimum Gasteiger partial charge on any atom is -0.370 e. The number of rotatable bonds is 5. The molecule has 0 aliphatic carbocycles. The van der Waals surface area contributed by atoms with Gasteiger partial charge in [-0.3, -0.25) is 14.9 Å². The van der Waals surface area contributed by atoms with Crippen molar-refractivity contribution in [3.63, 3.8) is 0 Å². The molecule has 1 heterocycles. The quantitative estimate of drug-likeness (QED) is 0.569. The van der Waals surface area contributed by atoms with Crippen LogP contribution in [0.5, 0.6) is 0 Å². The third-order valence-electron chi connectivity index (χ3n) is 3.62. The predicted octanol–water partition coefficient (Wildman–Crippen LogP) is -0.452. The molecular formula is C14H20N3O4+. The monoisotopic (exact) mass is 294 g/mol. The van der Waals surface area contributed by atoms with Crippen molar-refractivity contribution < 1.29 is 19.4 Å². The molecule has 1 aliphatic rings. The van der Waals surface area contributed by atoms with Gasteiger partial charge < -0.3 is 15.0 Å². The van der Waals surface area contributed by atoms with Crippen molar-refractivity contribution in [3.8, 4) is 0 Å². The summed E-state index contributed by atoms with van der Waals surface area (Å²) in [5.74, 6) is -0.194. The summed E-state index contributed by atoms with van der Waals surface area (Å²) < 4.78 is 5.28. The molecule has 1 saturated heterocycles. The van der Waals surface area contributed by atoms with E-state index in [1.165, 1.54) is 17.0 Å². The largest absolute Gasteiger partial charge is 0.370 e. The normalized spacial score (nSPS) is 15.7. The second-order valence-electron chi connectivity index (χ2n) is 5.13. The summed E-state index contributed by atoms with van der Waals surface area (Å²) >= 11 is 0. The molecule has 7 nitrogen and oxygen atoms in total. The lowest BCUT2D eigenvalue weighted by Gasteiger charge is -2.23. The number of nitrogens with zero attached hydrogens (tertiary/aromatic N) is 1. The first-order valence-corrected chi connectivity index (χ1v) is 7.02. The van der Waals surface area contributed by atoms with E-state index >= 15 is 0 Å². The number of carbonyl (C=O) groups excluding carboxylic acids is 1. The van der Waals surface area contributed by atoms with Crippen molar-refractivity contribution >= 4 is 11.6 Å². The predicted molar refractivity (Wildman–Crippen MR) is 76.5 cm³/mol. The number of hydrogen-bond donors (Lipinski definition) is 2. The second-order valence-corrected chi connectivity index (χ2v) is 5.13. The Balaban J connectivity index is 1.85. The van der Waals surface area contributed by atoms with Crippen LogP contribution in [0.2, 0.25) is 0 Å². The average Bonchev–Trinajstić information content (AvgIpc) is 2.47. The molecule has 0 atom stereocenters. The number of morpholine rings is 1. The lowest BCUT2D eigenvalue weighted by molar-refractivity contribution is -0.906. The Morgan fingerprint density at radius 1 is 1.43 bits per heavy atom. The van der Waals surface area contributed by atoms with Crippen molar-refractivity contribution in [1.29, 1.82) is 0 Å². The molecule has 1 aromatic rings. The molecule has 0 aromatic heterocycles. The van der Waals surface area contributed by atoms with Crippen LogP contribution >= 0.6 is 0 Å². The summed E-state index contributed by atoms with van der Waals surface area (Å²) in [5.41, 5.74) is 0.978. The van der Waals surface area contributed by atoms with Crippen LogP contribution in [-0.2, 0) is 4.74 Å². The van der Waals surface area contributed by atoms with Crippen molar-refractivity contribution in [2.75, 3.05) is 39.4 Å². The minimum atomic E-state index is -0.446. The Morgan fingerprint density at radius 2 is 2.14 bits per heavy atom. The highest BCUT2D eigenvalue weighted by atomic mass is 16.6. The van der Waals surface area contributed by atoms with Crippen LogP contribution in [0.1, 0.15) is 15.9 Å². The molecule has 0 radical (unpaired) electrons. The van der Waals surface area contributed by atoms with Crippen molar-refractivity contribution in [2.24, 2.45) is 0 Å². The van der Waals surface area contributed by atoms with Gasteiger partial charge in [-0.1, -0.05) is 0 Å². The van der Waals surface area contributed by atoms with Crippen molar-refractivity contribution in [1.82, 2.24) is 5.32 Å². The van der Waals surface area contributed by atoms with Gasteiger partial charge in [0.05, 0.1) is 31.2 Å². The van der Waals surface area contributed by atoms with E-state index in [0.717, 1.165) is 32.8 Å². The van der Waals surface area contributed by atoms with E-state index in [2.05, 4.69) is 5.32 Å². The summed E-state index contributed by atoms with van der Waals surface area (Å²) in [5, 5.41) is 13.6. The maximum atomic E-state index is 12.0. The first-order chi connectivity index (χ1) is 10.1. The fourth-order valence-electron chi connectivity index (χ4n) is 2.37. The maximum absolute atomic E-state index is 12.0. The van der Waals surface area contributed by atoms with Gasteiger partial charge in [-0.05, 0) is 19.1 Å². The van der Waals surface area contributed by atoms with Crippen LogP contribution in [0.15, 0.2) is 18.2 Å². The van der Waals surface area contributed by atoms with Crippen molar-refractivity contribution in [3.05, 3.63) is 39.4 Å². The number of nitro groups is 1. The Morgan fingerprint density at radius 3 is 2.76 bits per heavy atom. The molecule has 2 rings (SSSR count). The lowest BCUT2D eigenvalue weighted by Crippen LogP contribution is -3.14. The van der Waals surface area contributed by atoms with Gasteiger partial charge >= 0.3 is 0 Å². The highest BCUT2D eigenvalue weighted by Gasteiger charge is 2.15. The van der Waals surface area contributed by atoms with E-state index < -0.39 is 4.92 Å². The minimum absolute atomic E-state index is 0.0318. The summed E-state index contributed by atoms with van der Waals surface area (Å²) in [4.78, 5) is 23.7. The maximum Gasteiger partial charge on any atom is 0.272 e. The molecule has 0 saturated carbocycles. The Bertz CT molecular complexity index is 527. The average molecular weight is 294 g/mol. The molecule has 1 aromatic carbocycles. The molecule has 1 aliphatic heterocycles. The Hall–Kier alpha value is -1.99. The number of benzene rings is 1. The van der Waals surface area contributed by atoms with E-state index in [0.29, 0.717) is 17.7 Å². The second kappa shape index (κ2) is 7.14. The van der Waals surface area contributed by atoms with E-state index in [1.54, 1.807) is 13.0 Å². The molecule has 1 amide bonds. The van der Waals surface area contributed by atoms with Gasteiger partial charge in [-0.15, -0.1) is 0 Å². The molecule has 0 unspecified atom stereocenters. The molecule has 2 N–H and O–H groups in total. The number of quaternary nitrogens is 1. The molecule has 114 valence electrons. The number of nitro benzene ring substituents is 1. The summed E-state index contributed by atoms with van der Waals surface area (Å²) in [6.07, 6.45) is 0. The van der Waals surface area contributed by atoms with Gasteiger partial charge in [0.2, 0.25) is 0 Å². The SMILES string of the molecule is Cc1cc(C(=O)NCC[NH+]2CCOCC2)ccc1[N+](=O)[O-]. The summed E-state index contributed by atoms with van der Waals surface area (Å²) in [6, 6.07) is 4.41. The number of ether oxygens (including phenoxy) is 1. The van der Waals surface area contributed by atoms with E-state index in [1.807, 2.05) is 0 Å². The van der Waals surface area contributed by atoms with E-state index in [-0.39, 0.29) is 11.6 Å². The van der Waals surface area contributed by atoms with Crippen LogP contribution in [-0.4, -0.2) is 50.2 Å². The summed E-state index contributed by atoms with van der Waals surface area (Å²) in [7, 11) is 0. The Labute approximate surface area is 123 Å². The molecule has 0 bridgehead atoms. The van der Waals surface area contributed by atoms with Gasteiger partial charge in [0.1, 0.15) is 13.1 Å². The van der Waals surface area contributed by atoms with Crippen molar-refractivity contribution in [2.45, 2.75) is 6.92 Å². The molecule has 21 heavy (non-hydrogen) atoms. The fourth-order valence-corrected chi connectivity index (χ4v) is 2.37. The smallest absolute Gasteiger partial charge is 0.272 e. The lowest BCUT2D eigenvalue weighted by atomic mass is 10.1. The first kappa shape index (κ1) is 15.4. The summed E-state index contributed by atoms with van der Waals surface area (Å²) in [6.45, 7) is 6.55. The Kier molecular flexibility index (Phi) is 5.24. The number of carbonyl (C=O) groups is 1. The fraction of sp³-hybridized carbons (Fsp3) is 0.500. The van der Waals surface area contributed by atoms with Gasteiger partial charge in [-0.2, -0.15) is 0 Å². The highest BCUT2D eigenvalue weighted by molar-refractivity contribution is 5.94. The van der Waals surface area contributed by atoms with E-state index in [4.69, 9.17) is 4.74 Å². The van der Waals surface area contributed by atoms with Crippen LogP contribution < -0.4 is 10.2 Å². The topological polar surface area (TPSA) is 85.9 Å². The zero-order valence-electron chi connectivity index (χ0n) is 12.1. The van der Waals surface area contributed by atoms with Crippen LogP contribution in [0.25, 0.3) is 0 Å². The number of hydrogen-bond acceptors (Lipinski definition) is 4.